The van der Waals surface area contributed by atoms with Gasteiger partial charge < -0.3 is 20.0 Å². The predicted octanol–water partition coefficient (Wildman–Crippen LogP) is 3.75. The van der Waals surface area contributed by atoms with Crippen LogP contribution in [-0.4, -0.2) is 31.8 Å². The van der Waals surface area contributed by atoms with Crippen LogP contribution >= 0.6 is 0 Å². The molecular weight excluding hydrogens is 430 g/mol. The van der Waals surface area contributed by atoms with E-state index in [1.54, 1.807) is 18.3 Å². The Bertz CT molecular complexity index is 1390. The molecule has 9 heteroatoms. The van der Waals surface area contributed by atoms with Crippen molar-refractivity contribution in [2.24, 2.45) is 0 Å². The number of nitrogen functional groups attached to an aromatic ring is 1. The van der Waals surface area contributed by atoms with Gasteiger partial charge in [-0.15, -0.1) is 10.2 Å². The van der Waals surface area contributed by atoms with Crippen molar-refractivity contribution in [2.75, 3.05) is 12.8 Å². The number of aromatic nitrogens is 5. The molecule has 3 heterocycles. The maximum Gasteiger partial charge on any atom is 0.270 e. The van der Waals surface area contributed by atoms with Crippen LogP contribution in [0.3, 0.4) is 0 Å². The number of hydrogen-bond donors (Lipinski definition) is 2. The first-order chi connectivity index (χ1) is 16.5. The van der Waals surface area contributed by atoms with Gasteiger partial charge in [0.25, 0.3) is 11.4 Å². The molecule has 1 saturated carbocycles. The van der Waals surface area contributed by atoms with Crippen LogP contribution in [0.25, 0.3) is 34.3 Å². The van der Waals surface area contributed by atoms with Gasteiger partial charge in [0.15, 0.2) is 11.5 Å². The lowest BCUT2D eigenvalue weighted by molar-refractivity contribution is 0.503. The van der Waals surface area contributed by atoms with E-state index in [4.69, 9.17) is 10.2 Å². The lowest BCUT2D eigenvalue weighted by Gasteiger charge is -2.14. The molecule has 1 aliphatic rings. The topological polar surface area (TPSA) is 125 Å². The predicted molar refractivity (Wildman–Crippen MR) is 130 cm³/mol. The molecule has 34 heavy (non-hydrogen) atoms. The van der Waals surface area contributed by atoms with Gasteiger partial charge in [-0.3, -0.25) is 4.79 Å². The first-order valence-electron chi connectivity index (χ1n) is 11.5. The minimum Gasteiger partial charge on any atom is -0.414 e. The summed E-state index contributed by atoms with van der Waals surface area (Å²) >= 11 is 0. The van der Waals surface area contributed by atoms with E-state index in [2.05, 4.69) is 31.5 Å². The quantitative estimate of drug-likeness (QED) is 0.448. The Balaban J connectivity index is 1.48. The van der Waals surface area contributed by atoms with Crippen molar-refractivity contribution in [2.45, 2.75) is 45.2 Å². The molecule has 0 atom stereocenters. The van der Waals surface area contributed by atoms with Crippen LogP contribution in [0.1, 0.15) is 42.9 Å². The number of aryl methyl sites for hydroxylation is 1. The summed E-state index contributed by atoms with van der Waals surface area (Å²) in [5.41, 5.74) is 10.9. The largest absolute Gasteiger partial charge is 0.414 e. The van der Waals surface area contributed by atoms with Crippen molar-refractivity contribution in [1.82, 2.24) is 30.0 Å². The second-order valence-electron chi connectivity index (χ2n) is 8.68. The lowest BCUT2D eigenvalue weighted by atomic mass is 10.1. The minimum absolute atomic E-state index is 0.00285. The Morgan fingerprint density at radius 3 is 2.71 bits per heavy atom. The van der Waals surface area contributed by atoms with Gasteiger partial charge in [0.1, 0.15) is 0 Å². The third-order valence-corrected chi connectivity index (χ3v) is 6.28. The summed E-state index contributed by atoms with van der Waals surface area (Å²) in [6.07, 6.45) is 7.77. The summed E-state index contributed by atoms with van der Waals surface area (Å²) in [4.78, 5) is 21.4. The summed E-state index contributed by atoms with van der Waals surface area (Å²) in [6, 6.07) is 9.65. The van der Waals surface area contributed by atoms with Crippen molar-refractivity contribution >= 4 is 5.82 Å². The van der Waals surface area contributed by atoms with Gasteiger partial charge in [-0.05, 0) is 50.1 Å². The van der Waals surface area contributed by atoms with E-state index >= 15 is 0 Å². The molecule has 0 radical (unpaired) electrons. The minimum atomic E-state index is -0.00285. The molecule has 3 N–H and O–H groups in total. The van der Waals surface area contributed by atoms with Crippen LogP contribution < -0.4 is 16.6 Å². The lowest BCUT2D eigenvalue weighted by Crippen LogP contribution is -2.22. The molecular formula is C25H27N7O2. The molecule has 3 aromatic heterocycles. The summed E-state index contributed by atoms with van der Waals surface area (Å²) in [7, 11) is 1.91. The highest BCUT2D eigenvalue weighted by atomic mass is 16.4. The first kappa shape index (κ1) is 22.0. The molecule has 174 valence electrons. The van der Waals surface area contributed by atoms with Gasteiger partial charge in [0.05, 0.1) is 11.9 Å². The van der Waals surface area contributed by atoms with E-state index in [-0.39, 0.29) is 23.3 Å². The number of pyridine rings is 1. The van der Waals surface area contributed by atoms with Gasteiger partial charge in [0.2, 0.25) is 5.89 Å². The molecule has 0 saturated heterocycles. The maximum atomic E-state index is 12.4. The summed E-state index contributed by atoms with van der Waals surface area (Å²) < 4.78 is 7.77. The van der Waals surface area contributed by atoms with E-state index < -0.39 is 0 Å². The van der Waals surface area contributed by atoms with E-state index in [0.717, 1.165) is 48.9 Å². The Kier molecular flexibility index (Phi) is 5.93. The van der Waals surface area contributed by atoms with Crippen molar-refractivity contribution in [3.8, 4) is 34.3 Å². The van der Waals surface area contributed by atoms with Crippen LogP contribution in [0.15, 0.2) is 51.9 Å². The second kappa shape index (κ2) is 9.18. The zero-order chi connectivity index (χ0) is 23.7. The smallest absolute Gasteiger partial charge is 0.270 e. The number of rotatable bonds is 6. The molecule has 0 bridgehead atoms. The Morgan fingerprint density at radius 1 is 1.15 bits per heavy atom. The standard InChI is InChI=1S/C25H27N7O2/c1-15-11-16(12-27-2)7-9-19(15)24-30-31-25(34-24)22-23(26)28-13-20(29-22)17-8-10-21(33)32(14-17)18-5-3-4-6-18/h7-11,13-14,18,27H,3-6,12H2,1-2H3,(H2,26,28). The summed E-state index contributed by atoms with van der Waals surface area (Å²) in [6.45, 7) is 2.79. The van der Waals surface area contributed by atoms with E-state index in [0.29, 0.717) is 17.3 Å². The van der Waals surface area contributed by atoms with Crippen LogP contribution in [0.4, 0.5) is 5.82 Å². The van der Waals surface area contributed by atoms with Gasteiger partial charge in [0, 0.05) is 36.0 Å². The molecule has 0 spiro atoms. The molecule has 4 aromatic rings. The molecule has 0 amide bonds. The van der Waals surface area contributed by atoms with Crippen LogP contribution in [0.5, 0.6) is 0 Å². The Morgan fingerprint density at radius 2 is 1.94 bits per heavy atom. The molecule has 9 nitrogen and oxygen atoms in total. The third-order valence-electron chi connectivity index (χ3n) is 6.28. The SMILES string of the molecule is CNCc1ccc(-c2nnc(-c3nc(-c4ccc(=O)n(C5CCCC5)c4)cnc3N)o2)c(C)c1. The van der Waals surface area contributed by atoms with E-state index in [1.165, 1.54) is 5.56 Å². The van der Waals surface area contributed by atoms with Gasteiger partial charge in [-0.2, -0.15) is 0 Å². The molecule has 1 fully saturated rings. The second-order valence-corrected chi connectivity index (χ2v) is 8.68. The van der Waals surface area contributed by atoms with Gasteiger partial charge in [-0.1, -0.05) is 25.0 Å². The zero-order valence-electron chi connectivity index (χ0n) is 19.3. The van der Waals surface area contributed by atoms with Gasteiger partial charge in [-0.25, -0.2) is 9.97 Å². The van der Waals surface area contributed by atoms with E-state index in [9.17, 15) is 4.79 Å². The number of hydrogen-bond acceptors (Lipinski definition) is 8. The van der Waals surface area contributed by atoms with Crippen LogP contribution in [-0.2, 0) is 6.54 Å². The summed E-state index contributed by atoms with van der Waals surface area (Å²) in [5.74, 6) is 0.790. The van der Waals surface area contributed by atoms with Crippen molar-refractivity contribution in [3.05, 3.63) is 64.2 Å². The number of nitrogens with zero attached hydrogens (tertiary/aromatic N) is 5. The van der Waals surface area contributed by atoms with Crippen LogP contribution in [0.2, 0.25) is 0 Å². The molecule has 1 aromatic carbocycles. The number of benzene rings is 1. The highest BCUT2D eigenvalue weighted by Gasteiger charge is 2.20. The normalized spacial score (nSPS) is 14.1. The Hall–Kier alpha value is -3.85. The van der Waals surface area contributed by atoms with Crippen LogP contribution in [0, 0.1) is 6.92 Å². The molecule has 1 aliphatic carbocycles. The first-order valence-corrected chi connectivity index (χ1v) is 11.5. The average molecular weight is 458 g/mol. The average Bonchev–Trinajstić information content (AvgIpc) is 3.53. The highest BCUT2D eigenvalue weighted by Crippen LogP contribution is 2.31. The van der Waals surface area contributed by atoms with Gasteiger partial charge >= 0.3 is 0 Å². The molecule has 0 unspecified atom stereocenters. The molecule has 5 rings (SSSR count). The monoisotopic (exact) mass is 457 g/mol. The van der Waals surface area contributed by atoms with Crippen molar-refractivity contribution < 1.29 is 4.42 Å². The number of anilines is 1. The number of nitrogens with two attached hydrogens (primary N) is 1. The van der Waals surface area contributed by atoms with Crippen molar-refractivity contribution in [3.63, 3.8) is 0 Å². The Labute approximate surface area is 197 Å². The fourth-order valence-corrected chi connectivity index (χ4v) is 4.53. The highest BCUT2D eigenvalue weighted by molar-refractivity contribution is 5.69. The number of nitrogens with one attached hydrogen (secondary N) is 1. The molecule has 0 aliphatic heterocycles. The third kappa shape index (κ3) is 4.22. The van der Waals surface area contributed by atoms with Crippen molar-refractivity contribution in [1.29, 1.82) is 0 Å². The fraction of sp³-hybridized carbons (Fsp3) is 0.320. The van der Waals surface area contributed by atoms with E-state index in [1.807, 2.05) is 36.9 Å². The maximum absolute atomic E-state index is 12.4. The fourth-order valence-electron chi connectivity index (χ4n) is 4.53. The summed E-state index contributed by atoms with van der Waals surface area (Å²) in [5, 5.41) is 11.5. The zero-order valence-corrected chi connectivity index (χ0v) is 19.3.